The van der Waals surface area contributed by atoms with Gasteiger partial charge in [0.25, 0.3) is 5.91 Å². The summed E-state index contributed by atoms with van der Waals surface area (Å²) in [5.74, 6) is 2.20. The number of hydrogen-bond acceptors (Lipinski definition) is 5. The van der Waals surface area contributed by atoms with Gasteiger partial charge in [-0.3, -0.25) is 4.79 Å². The molecule has 7 heteroatoms. The first-order chi connectivity index (χ1) is 13.0. The van der Waals surface area contributed by atoms with Crippen molar-refractivity contribution >= 4 is 23.6 Å². The molecule has 142 valence electrons. The third kappa shape index (κ3) is 4.11. The number of carbonyl (C=O) groups is 1. The molecule has 2 aromatic rings. The summed E-state index contributed by atoms with van der Waals surface area (Å²) < 4.78 is 21.6. The van der Waals surface area contributed by atoms with Crippen molar-refractivity contribution in [3.8, 4) is 23.0 Å². The number of rotatable bonds is 6. The Kier molecular flexibility index (Phi) is 5.76. The maximum atomic E-state index is 12.6. The van der Waals surface area contributed by atoms with Gasteiger partial charge < -0.3 is 24.3 Å². The lowest BCUT2D eigenvalue weighted by atomic mass is 10.1. The first-order valence-corrected chi connectivity index (χ1v) is 8.63. The van der Waals surface area contributed by atoms with E-state index in [2.05, 4.69) is 5.32 Å². The molecule has 6 nitrogen and oxygen atoms in total. The van der Waals surface area contributed by atoms with E-state index in [1.54, 1.807) is 57.7 Å². The summed E-state index contributed by atoms with van der Waals surface area (Å²) in [6, 6.07) is 8.81. The van der Waals surface area contributed by atoms with E-state index in [0.717, 1.165) is 11.1 Å². The molecule has 0 fully saturated rings. The van der Waals surface area contributed by atoms with E-state index in [1.807, 2.05) is 0 Å². The van der Waals surface area contributed by atoms with Crippen LogP contribution in [-0.4, -0.2) is 33.8 Å². The lowest BCUT2D eigenvalue weighted by Gasteiger charge is -2.18. The predicted octanol–water partition coefficient (Wildman–Crippen LogP) is 3.46. The van der Waals surface area contributed by atoms with Gasteiger partial charge >= 0.3 is 0 Å². The average Bonchev–Trinajstić information content (AvgIpc) is 2.70. The van der Waals surface area contributed by atoms with E-state index in [0.29, 0.717) is 33.6 Å². The Labute approximate surface area is 162 Å². The Morgan fingerprint density at radius 1 is 1.07 bits per heavy atom. The molecule has 1 amide bonds. The molecule has 1 aliphatic rings. The van der Waals surface area contributed by atoms with Crippen LogP contribution in [0, 0.1) is 0 Å². The van der Waals surface area contributed by atoms with Gasteiger partial charge in [-0.1, -0.05) is 11.6 Å². The van der Waals surface area contributed by atoms with E-state index >= 15 is 0 Å². The van der Waals surface area contributed by atoms with Crippen LogP contribution in [0.3, 0.4) is 0 Å². The summed E-state index contributed by atoms with van der Waals surface area (Å²) in [6.07, 6.45) is 1.78. The number of nitrogens with one attached hydrogen (secondary N) is 1. The molecule has 0 spiro atoms. The Morgan fingerprint density at radius 2 is 1.78 bits per heavy atom. The van der Waals surface area contributed by atoms with Crippen molar-refractivity contribution in [2.75, 3.05) is 27.9 Å². The molecule has 0 aliphatic carbocycles. The minimum atomic E-state index is -0.225. The van der Waals surface area contributed by atoms with Crippen molar-refractivity contribution in [1.29, 1.82) is 0 Å². The van der Waals surface area contributed by atoms with Crippen LogP contribution in [-0.2, 0) is 11.3 Å². The summed E-state index contributed by atoms with van der Waals surface area (Å²) in [5, 5.41) is 3.47. The molecular formula is C20H20ClNO5. The Hall–Kier alpha value is -2.86. The van der Waals surface area contributed by atoms with Gasteiger partial charge in [-0.2, -0.15) is 0 Å². The zero-order chi connectivity index (χ0) is 19.4. The summed E-state index contributed by atoms with van der Waals surface area (Å²) in [5.41, 5.74) is 2.07. The number of halogens is 1. The summed E-state index contributed by atoms with van der Waals surface area (Å²) in [4.78, 5) is 12.6. The van der Waals surface area contributed by atoms with Gasteiger partial charge in [0.15, 0.2) is 11.5 Å². The van der Waals surface area contributed by atoms with Crippen molar-refractivity contribution in [3.05, 3.63) is 52.1 Å². The van der Waals surface area contributed by atoms with Gasteiger partial charge in [0.2, 0.25) is 0 Å². The van der Waals surface area contributed by atoms with E-state index < -0.39 is 0 Å². The zero-order valence-electron chi connectivity index (χ0n) is 15.3. The third-order valence-corrected chi connectivity index (χ3v) is 4.44. The maximum Gasteiger partial charge on any atom is 0.250 e. The van der Waals surface area contributed by atoms with Crippen molar-refractivity contribution in [2.45, 2.75) is 6.54 Å². The lowest BCUT2D eigenvalue weighted by molar-refractivity contribution is -0.117. The van der Waals surface area contributed by atoms with Crippen LogP contribution in [0.15, 0.2) is 35.9 Å². The largest absolute Gasteiger partial charge is 0.496 e. The Bertz CT molecular complexity index is 894. The summed E-state index contributed by atoms with van der Waals surface area (Å²) in [7, 11) is 4.67. The lowest BCUT2D eigenvalue weighted by Crippen LogP contribution is -2.28. The molecule has 0 saturated heterocycles. The molecular weight excluding hydrogens is 370 g/mol. The van der Waals surface area contributed by atoms with Crippen molar-refractivity contribution in [1.82, 2.24) is 5.32 Å². The van der Waals surface area contributed by atoms with Crippen molar-refractivity contribution in [3.63, 3.8) is 0 Å². The van der Waals surface area contributed by atoms with Crippen molar-refractivity contribution < 1.29 is 23.7 Å². The number of ether oxygens (including phenoxy) is 4. The minimum absolute atomic E-state index is 0.198. The first kappa shape index (κ1) is 18.9. The van der Waals surface area contributed by atoms with Gasteiger partial charge in [0, 0.05) is 28.8 Å². The highest BCUT2D eigenvalue weighted by Crippen LogP contribution is 2.34. The molecule has 0 unspecified atom stereocenters. The van der Waals surface area contributed by atoms with Crippen LogP contribution in [0.2, 0.25) is 5.02 Å². The van der Waals surface area contributed by atoms with E-state index in [9.17, 15) is 4.79 Å². The second-order valence-electron chi connectivity index (χ2n) is 5.84. The fraction of sp³-hybridized carbons (Fsp3) is 0.250. The SMILES string of the molecule is COc1cc(OC)c(OC)cc1CNC(=O)C1=Cc2cc(Cl)ccc2OC1. The van der Waals surface area contributed by atoms with Crippen LogP contribution in [0.5, 0.6) is 23.0 Å². The molecule has 1 heterocycles. The minimum Gasteiger partial charge on any atom is -0.496 e. The number of methoxy groups -OCH3 is 3. The predicted molar refractivity (Wildman–Crippen MR) is 103 cm³/mol. The van der Waals surface area contributed by atoms with Gasteiger partial charge in [-0.05, 0) is 30.3 Å². The van der Waals surface area contributed by atoms with Crippen LogP contribution >= 0.6 is 11.6 Å². The van der Waals surface area contributed by atoms with E-state index in [4.69, 9.17) is 30.5 Å². The quantitative estimate of drug-likeness (QED) is 0.819. The Morgan fingerprint density at radius 3 is 2.48 bits per heavy atom. The fourth-order valence-electron chi connectivity index (χ4n) is 2.80. The maximum absolute atomic E-state index is 12.6. The molecule has 3 rings (SSSR count). The zero-order valence-corrected chi connectivity index (χ0v) is 16.1. The van der Waals surface area contributed by atoms with Gasteiger partial charge in [-0.25, -0.2) is 0 Å². The molecule has 0 radical (unpaired) electrons. The summed E-state index contributed by atoms with van der Waals surface area (Å²) in [6.45, 7) is 0.464. The molecule has 0 saturated carbocycles. The smallest absolute Gasteiger partial charge is 0.250 e. The standard InChI is InChI=1S/C20H20ClNO5/c1-24-17-9-19(26-3)18(25-2)8-13(17)10-22-20(23)14-6-12-7-15(21)4-5-16(12)27-11-14/h4-9H,10-11H2,1-3H3,(H,22,23). The highest BCUT2D eigenvalue weighted by molar-refractivity contribution is 6.30. The van der Waals surface area contributed by atoms with Crippen LogP contribution in [0.25, 0.3) is 6.08 Å². The monoisotopic (exact) mass is 389 g/mol. The average molecular weight is 390 g/mol. The van der Waals surface area contributed by atoms with Crippen LogP contribution < -0.4 is 24.3 Å². The third-order valence-electron chi connectivity index (χ3n) is 4.20. The van der Waals surface area contributed by atoms with Gasteiger partial charge in [0.05, 0.1) is 26.9 Å². The number of hydrogen-bond donors (Lipinski definition) is 1. The van der Waals surface area contributed by atoms with E-state index in [-0.39, 0.29) is 19.1 Å². The molecule has 0 aromatic heterocycles. The van der Waals surface area contributed by atoms with Gasteiger partial charge in [0.1, 0.15) is 18.1 Å². The number of amides is 1. The molecule has 0 atom stereocenters. The van der Waals surface area contributed by atoms with Crippen LogP contribution in [0.4, 0.5) is 0 Å². The summed E-state index contributed by atoms with van der Waals surface area (Å²) >= 11 is 6.01. The second kappa shape index (κ2) is 8.22. The fourth-order valence-corrected chi connectivity index (χ4v) is 2.98. The molecule has 27 heavy (non-hydrogen) atoms. The number of benzene rings is 2. The molecule has 1 aliphatic heterocycles. The molecule has 2 aromatic carbocycles. The number of carbonyl (C=O) groups excluding carboxylic acids is 1. The topological polar surface area (TPSA) is 66.0 Å². The second-order valence-corrected chi connectivity index (χ2v) is 6.28. The highest BCUT2D eigenvalue weighted by atomic mass is 35.5. The normalized spacial score (nSPS) is 12.4. The first-order valence-electron chi connectivity index (χ1n) is 8.25. The molecule has 1 N–H and O–H groups in total. The Balaban J connectivity index is 1.76. The van der Waals surface area contributed by atoms with Crippen molar-refractivity contribution in [2.24, 2.45) is 0 Å². The number of fused-ring (bicyclic) bond motifs is 1. The van der Waals surface area contributed by atoms with Crippen LogP contribution in [0.1, 0.15) is 11.1 Å². The van der Waals surface area contributed by atoms with E-state index in [1.165, 1.54) is 0 Å². The van der Waals surface area contributed by atoms with Gasteiger partial charge in [-0.15, -0.1) is 0 Å². The molecule has 0 bridgehead atoms. The highest BCUT2D eigenvalue weighted by Gasteiger charge is 2.18.